The summed E-state index contributed by atoms with van der Waals surface area (Å²) in [6.45, 7) is 2.02. The maximum Gasteiger partial charge on any atom is 0.234 e. The van der Waals surface area contributed by atoms with E-state index in [1.165, 1.54) is 29.3 Å². The average Bonchev–Trinajstić information content (AvgIpc) is 2.81. The molecule has 1 aromatic rings. The van der Waals surface area contributed by atoms with Crippen LogP contribution in [-0.2, 0) is 14.3 Å². The fourth-order valence-electron chi connectivity index (χ4n) is 4.82. The van der Waals surface area contributed by atoms with Gasteiger partial charge in [0, 0.05) is 32.8 Å². The van der Waals surface area contributed by atoms with Crippen LogP contribution in [0.3, 0.4) is 0 Å². The minimum atomic E-state index is -1.27. The number of nitriles is 1. The number of aliphatic imine (C=N–C) groups is 1. The molecule has 1 amide bonds. The fourth-order valence-corrected chi connectivity index (χ4v) is 4.82. The number of rotatable bonds is 5. The predicted octanol–water partition coefficient (Wildman–Crippen LogP) is 2.06. The summed E-state index contributed by atoms with van der Waals surface area (Å²) in [5.74, 6) is -0.682. The topological polar surface area (TPSA) is 123 Å². The molecule has 174 valence electrons. The molecule has 0 radical (unpaired) electrons. The maximum atomic E-state index is 15.6. The van der Waals surface area contributed by atoms with Crippen LogP contribution < -0.4 is 10.5 Å². The third-order valence-electron chi connectivity index (χ3n) is 6.78. The maximum absolute atomic E-state index is 15.6. The van der Waals surface area contributed by atoms with Gasteiger partial charge in [0.1, 0.15) is 17.1 Å². The summed E-state index contributed by atoms with van der Waals surface area (Å²) in [4.78, 5) is 23.4. The van der Waals surface area contributed by atoms with Gasteiger partial charge in [-0.3, -0.25) is 9.69 Å². The van der Waals surface area contributed by atoms with Crippen LogP contribution in [-0.4, -0.2) is 60.8 Å². The van der Waals surface area contributed by atoms with Crippen molar-refractivity contribution in [1.29, 1.82) is 5.26 Å². The standard InChI is InChI=1S/C23H26FN5O4/c1-22(10-15(4-5-18(22)24)33-19-8-14(11-25)6-7-27-19)23-13-32-16(12-31-3)9-17(23)20(30)29(2)21(26)28-23/h4-8,16-17H,9-10,12-13H2,1-3H3,(H2,26,28)/t16-,17+,22?,23+/m1/s1. The van der Waals surface area contributed by atoms with E-state index in [-0.39, 0.29) is 36.9 Å². The van der Waals surface area contributed by atoms with Crippen LogP contribution in [0.15, 0.2) is 47.1 Å². The second kappa shape index (κ2) is 8.57. The number of carbonyl (C=O) groups is 1. The first-order valence-corrected chi connectivity index (χ1v) is 10.6. The van der Waals surface area contributed by atoms with Gasteiger partial charge in [0.15, 0.2) is 5.96 Å². The average molecular weight is 455 g/mol. The smallest absolute Gasteiger partial charge is 0.234 e. The van der Waals surface area contributed by atoms with Crippen LogP contribution >= 0.6 is 0 Å². The highest BCUT2D eigenvalue weighted by Gasteiger charge is 2.63. The fraction of sp³-hybridized carbons (Fsp3) is 0.478. The van der Waals surface area contributed by atoms with Crippen molar-refractivity contribution in [2.45, 2.75) is 31.4 Å². The Hall–Kier alpha value is -3.29. The zero-order chi connectivity index (χ0) is 23.8. The lowest BCUT2D eigenvalue weighted by atomic mass is 9.58. The third-order valence-corrected chi connectivity index (χ3v) is 6.78. The SMILES string of the molecule is COC[C@H]1C[C@H]2C(=O)N(C)C(N)=N[C@@]2(C2(C)CC(Oc3cc(C#N)ccn3)=CC=C2F)CO1. The quantitative estimate of drug-likeness (QED) is 0.721. The van der Waals surface area contributed by atoms with Crippen LogP contribution in [0.2, 0.25) is 0 Å². The van der Waals surface area contributed by atoms with Crippen LogP contribution in [0.25, 0.3) is 0 Å². The number of fused-ring (bicyclic) bond motifs is 1. The molecule has 1 aromatic heterocycles. The monoisotopic (exact) mass is 455 g/mol. The van der Waals surface area contributed by atoms with Gasteiger partial charge in [0.2, 0.25) is 11.8 Å². The van der Waals surface area contributed by atoms with E-state index >= 15 is 4.39 Å². The molecule has 1 saturated heterocycles. The van der Waals surface area contributed by atoms with Gasteiger partial charge in [0.25, 0.3) is 0 Å². The Kier molecular flexibility index (Phi) is 5.95. The summed E-state index contributed by atoms with van der Waals surface area (Å²) in [5, 5.41) is 9.12. The van der Waals surface area contributed by atoms with Gasteiger partial charge in [-0.2, -0.15) is 5.26 Å². The van der Waals surface area contributed by atoms with E-state index in [0.717, 1.165) is 0 Å². The summed E-state index contributed by atoms with van der Waals surface area (Å²) in [6, 6.07) is 5.10. The van der Waals surface area contributed by atoms with E-state index < -0.39 is 22.7 Å². The van der Waals surface area contributed by atoms with Crippen LogP contribution in [0, 0.1) is 22.7 Å². The Bertz CT molecular complexity index is 1100. The van der Waals surface area contributed by atoms with Gasteiger partial charge in [-0.15, -0.1) is 0 Å². The van der Waals surface area contributed by atoms with E-state index in [0.29, 0.717) is 24.4 Å². The molecule has 1 unspecified atom stereocenters. The van der Waals surface area contributed by atoms with E-state index in [1.807, 2.05) is 6.07 Å². The predicted molar refractivity (Wildman–Crippen MR) is 116 cm³/mol. The zero-order valence-electron chi connectivity index (χ0n) is 18.7. The first-order valence-electron chi connectivity index (χ1n) is 10.6. The lowest BCUT2D eigenvalue weighted by molar-refractivity contribution is -0.158. The number of nitrogens with two attached hydrogens (primary N) is 1. The molecular weight excluding hydrogens is 429 g/mol. The number of amides is 1. The molecule has 9 nitrogen and oxygen atoms in total. The van der Waals surface area contributed by atoms with E-state index in [9.17, 15) is 4.79 Å². The number of carbonyl (C=O) groups excluding carboxylic acids is 1. The second-order valence-corrected chi connectivity index (χ2v) is 8.72. The van der Waals surface area contributed by atoms with Crippen LogP contribution in [0.1, 0.15) is 25.3 Å². The van der Waals surface area contributed by atoms with Crippen LogP contribution in [0.5, 0.6) is 5.88 Å². The van der Waals surface area contributed by atoms with Gasteiger partial charge in [-0.05, 0) is 24.6 Å². The number of allylic oxidation sites excluding steroid dienone is 3. The minimum absolute atomic E-state index is 0.000813. The van der Waals surface area contributed by atoms with Crippen LogP contribution in [0.4, 0.5) is 4.39 Å². The van der Waals surface area contributed by atoms with Gasteiger partial charge in [0.05, 0.1) is 42.3 Å². The highest BCUT2D eigenvalue weighted by molar-refractivity contribution is 6.00. The number of hydrogen-bond acceptors (Lipinski definition) is 8. The molecule has 0 aromatic carbocycles. The molecule has 2 aliphatic heterocycles. The van der Waals surface area contributed by atoms with Crippen molar-refractivity contribution in [2.75, 3.05) is 27.4 Å². The Morgan fingerprint density at radius 1 is 1.45 bits per heavy atom. The van der Waals surface area contributed by atoms with Crippen molar-refractivity contribution in [1.82, 2.24) is 9.88 Å². The number of aromatic nitrogens is 1. The lowest BCUT2D eigenvalue weighted by Gasteiger charge is -2.55. The van der Waals surface area contributed by atoms with Crippen molar-refractivity contribution in [3.63, 3.8) is 0 Å². The second-order valence-electron chi connectivity index (χ2n) is 8.72. The van der Waals surface area contributed by atoms with Crippen molar-refractivity contribution < 1.29 is 23.4 Å². The number of ether oxygens (including phenoxy) is 3. The number of methoxy groups -OCH3 is 1. The Morgan fingerprint density at radius 2 is 2.24 bits per heavy atom. The molecule has 0 bridgehead atoms. The molecule has 10 heteroatoms. The summed E-state index contributed by atoms with van der Waals surface area (Å²) >= 11 is 0. The van der Waals surface area contributed by atoms with Gasteiger partial charge in [-0.1, -0.05) is 6.92 Å². The number of hydrogen-bond donors (Lipinski definition) is 1. The van der Waals surface area contributed by atoms with Gasteiger partial charge in [-0.25, -0.2) is 14.4 Å². The number of pyridine rings is 1. The first-order chi connectivity index (χ1) is 15.7. The number of nitrogens with zero attached hydrogens (tertiary/aromatic N) is 4. The van der Waals surface area contributed by atoms with E-state index in [1.54, 1.807) is 27.1 Å². The molecule has 0 saturated carbocycles. The zero-order valence-corrected chi connectivity index (χ0v) is 18.7. The normalized spacial score (nSPS) is 31.7. The summed E-state index contributed by atoms with van der Waals surface area (Å²) in [5.41, 5.74) is 3.96. The van der Waals surface area contributed by atoms with Gasteiger partial charge < -0.3 is 19.9 Å². The highest BCUT2D eigenvalue weighted by atomic mass is 19.1. The molecule has 1 fully saturated rings. The third kappa shape index (κ3) is 3.77. The Morgan fingerprint density at radius 3 is 2.97 bits per heavy atom. The molecule has 2 N–H and O–H groups in total. The number of guanidine groups is 1. The molecule has 4 atom stereocenters. The number of halogens is 1. The highest BCUT2D eigenvalue weighted by Crippen LogP contribution is 2.56. The van der Waals surface area contributed by atoms with E-state index in [4.69, 9.17) is 25.2 Å². The van der Waals surface area contributed by atoms with Crippen molar-refractivity contribution >= 4 is 11.9 Å². The molecule has 0 spiro atoms. The Balaban J connectivity index is 1.71. The molecular formula is C23H26FN5O4. The van der Waals surface area contributed by atoms with E-state index in [2.05, 4.69) is 9.98 Å². The van der Waals surface area contributed by atoms with Crippen molar-refractivity contribution in [3.05, 3.63) is 47.6 Å². The molecule has 33 heavy (non-hydrogen) atoms. The molecule has 1 aliphatic carbocycles. The lowest BCUT2D eigenvalue weighted by Crippen LogP contribution is -2.67. The Labute approximate surface area is 191 Å². The summed E-state index contributed by atoms with van der Waals surface area (Å²) < 4.78 is 32.7. The molecule has 3 heterocycles. The van der Waals surface area contributed by atoms with Crippen molar-refractivity contribution in [2.24, 2.45) is 22.1 Å². The summed E-state index contributed by atoms with van der Waals surface area (Å²) in [7, 11) is 3.12. The minimum Gasteiger partial charge on any atom is -0.443 e. The van der Waals surface area contributed by atoms with Gasteiger partial charge >= 0.3 is 0 Å². The summed E-state index contributed by atoms with van der Waals surface area (Å²) in [6.07, 6.45) is 4.40. The largest absolute Gasteiger partial charge is 0.443 e. The molecule has 4 rings (SSSR count). The van der Waals surface area contributed by atoms with Crippen molar-refractivity contribution in [3.8, 4) is 11.9 Å². The first kappa shape index (κ1) is 22.9. The molecule has 3 aliphatic rings.